The molecule has 134 valence electrons. The van der Waals surface area contributed by atoms with Crippen molar-refractivity contribution in [2.45, 2.75) is 19.4 Å². The summed E-state index contributed by atoms with van der Waals surface area (Å²) in [7, 11) is 0. The third-order valence-corrected chi connectivity index (χ3v) is 5.01. The molecule has 1 amide bonds. The molecule has 3 heterocycles. The maximum Gasteiger partial charge on any atom is 0.239 e. The maximum absolute atomic E-state index is 12.6. The molecule has 7 nitrogen and oxygen atoms in total. The topological polar surface area (TPSA) is 81.5 Å². The number of hydrogen-bond donors (Lipinski definition) is 1. The molecule has 7 heteroatoms. The van der Waals surface area contributed by atoms with E-state index in [9.17, 15) is 4.79 Å². The summed E-state index contributed by atoms with van der Waals surface area (Å²) in [5.74, 6) is 1.50. The quantitative estimate of drug-likeness (QED) is 0.857. The van der Waals surface area contributed by atoms with Crippen LogP contribution in [0.1, 0.15) is 18.9 Å². The smallest absolute Gasteiger partial charge is 0.239 e. The van der Waals surface area contributed by atoms with Gasteiger partial charge in [-0.15, -0.1) is 0 Å². The van der Waals surface area contributed by atoms with Crippen molar-refractivity contribution in [3.8, 4) is 6.07 Å². The zero-order valence-electron chi connectivity index (χ0n) is 14.6. The minimum Gasteiger partial charge on any atom is -0.378 e. The maximum atomic E-state index is 12.6. The first kappa shape index (κ1) is 17.6. The molecule has 2 atom stereocenters. The number of nitrogens with zero attached hydrogens (tertiary/aromatic N) is 4. The van der Waals surface area contributed by atoms with Crippen LogP contribution in [0, 0.1) is 17.2 Å². The van der Waals surface area contributed by atoms with E-state index in [1.165, 1.54) is 0 Å². The lowest BCUT2D eigenvalue weighted by Crippen LogP contribution is -2.50. The van der Waals surface area contributed by atoms with E-state index in [-0.39, 0.29) is 11.9 Å². The highest BCUT2D eigenvalue weighted by molar-refractivity contribution is 5.81. The van der Waals surface area contributed by atoms with Crippen molar-refractivity contribution in [2.75, 3.05) is 51.3 Å². The summed E-state index contributed by atoms with van der Waals surface area (Å²) >= 11 is 0. The number of likely N-dealkylation sites (tertiary alicyclic amines) is 1. The van der Waals surface area contributed by atoms with Crippen molar-refractivity contribution in [1.82, 2.24) is 14.8 Å². The Labute approximate surface area is 148 Å². The molecule has 2 aliphatic rings. The molecule has 0 saturated carbocycles. The fourth-order valence-electron chi connectivity index (χ4n) is 3.40. The van der Waals surface area contributed by atoms with Crippen molar-refractivity contribution >= 4 is 11.7 Å². The van der Waals surface area contributed by atoms with Gasteiger partial charge in [-0.05, 0) is 37.9 Å². The summed E-state index contributed by atoms with van der Waals surface area (Å²) in [5, 5.41) is 12.1. The molecular weight excluding hydrogens is 318 g/mol. The van der Waals surface area contributed by atoms with E-state index >= 15 is 0 Å². The van der Waals surface area contributed by atoms with Gasteiger partial charge in [0.25, 0.3) is 0 Å². The van der Waals surface area contributed by atoms with E-state index < -0.39 is 0 Å². The number of nitriles is 1. The van der Waals surface area contributed by atoms with Crippen LogP contribution in [0.15, 0.2) is 18.3 Å². The van der Waals surface area contributed by atoms with E-state index in [1.54, 1.807) is 12.3 Å². The van der Waals surface area contributed by atoms with E-state index in [0.717, 1.165) is 31.9 Å². The van der Waals surface area contributed by atoms with E-state index in [4.69, 9.17) is 10.00 Å². The first-order chi connectivity index (χ1) is 12.2. The molecule has 3 rings (SSSR count). The van der Waals surface area contributed by atoms with E-state index in [1.807, 2.05) is 17.9 Å². The van der Waals surface area contributed by atoms with Crippen LogP contribution in [0.25, 0.3) is 0 Å². The number of rotatable bonds is 5. The highest BCUT2D eigenvalue weighted by atomic mass is 16.5. The Hall–Kier alpha value is -2.17. The highest BCUT2D eigenvalue weighted by Gasteiger charge is 2.32. The second kappa shape index (κ2) is 8.28. The Morgan fingerprint density at radius 2 is 2.24 bits per heavy atom. The number of hydrogen-bond acceptors (Lipinski definition) is 6. The number of aromatic nitrogens is 1. The monoisotopic (exact) mass is 343 g/mol. The molecular formula is C18H25N5O2. The summed E-state index contributed by atoms with van der Waals surface area (Å²) in [4.78, 5) is 21.0. The van der Waals surface area contributed by atoms with Gasteiger partial charge in [0.2, 0.25) is 5.91 Å². The molecule has 0 bridgehead atoms. The summed E-state index contributed by atoms with van der Waals surface area (Å²) in [6.07, 6.45) is 2.65. The van der Waals surface area contributed by atoms with Crippen molar-refractivity contribution in [1.29, 1.82) is 5.26 Å². The zero-order valence-corrected chi connectivity index (χ0v) is 14.6. The molecule has 0 aromatic carbocycles. The summed E-state index contributed by atoms with van der Waals surface area (Å²) < 4.78 is 5.32. The molecule has 1 N–H and O–H groups in total. The number of amides is 1. The standard InChI is InChI=1S/C18H25N5O2/c1-14(18(24)22-6-8-25-9-7-22)23-5-4-16(13-23)12-21-17-3-2-15(10-19)11-20-17/h2-3,11,14,16H,4-9,12-13H2,1H3,(H,20,21)/t14-,16+/m0/s1. The number of ether oxygens (including phenoxy) is 1. The molecule has 0 radical (unpaired) electrons. The van der Waals surface area contributed by atoms with E-state index in [2.05, 4.69) is 21.3 Å². The van der Waals surface area contributed by atoms with Gasteiger partial charge in [0.05, 0.1) is 24.8 Å². The molecule has 0 aliphatic carbocycles. The Bertz CT molecular complexity index is 621. The van der Waals surface area contributed by atoms with Crippen LogP contribution in [0.3, 0.4) is 0 Å². The van der Waals surface area contributed by atoms with Crippen LogP contribution >= 0.6 is 0 Å². The Kier molecular flexibility index (Phi) is 5.84. The third kappa shape index (κ3) is 4.47. The van der Waals surface area contributed by atoms with Crippen LogP contribution in [0.5, 0.6) is 0 Å². The lowest BCUT2D eigenvalue weighted by atomic mass is 10.1. The van der Waals surface area contributed by atoms with Gasteiger partial charge < -0.3 is 15.0 Å². The van der Waals surface area contributed by atoms with Crippen LogP contribution in [-0.4, -0.2) is 72.7 Å². The second-order valence-electron chi connectivity index (χ2n) is 6.69. The number of nitrogens with one attached hydrogen (secondary N) is 1. The first-order valence-electron chi connectivity index (χ1n) is 8.88. The van der Waals surface area contributed by atoms with Gasteiger partial charge in [-0.3, -0.25) is 9.69 Å². The lowest BCUT2D eigenvalue weighted by Gasteiger charge is -2.32. The minimum atomic E-state index is -0.0730. The van der Waals surface area contributed by atoms with Gasteiger partial charge in [-0.2, -0.15) is 5.26 Å². The zero-order chi connectivity index (χ0) is 17.6. The average Bonchev–Trinajstić information content (AvgIpc) is 3.15. The fraction of sp³-hybridized carbons (Fsp3) is 0.611. The highest BCUT2D eigenvalue weighted by Crippen LogP contribution is 2.20. The van der Waals surface area contributed by atoms with E-state index in [0.29, 0.717) is 37.8 Å². The Morgan fingerprint density at radius 3 is 2.92 bits per heavy atom. The van der Waals surface area contributed by atoms with Gasteiger partial charge in [-0.1, -0.05) is 0 Å². The van der Waals surface area contributed by atoms with Gasteiger partial charge in [0.15, 0.2) is 0 Å². The molecule has 1 aromatic rings. The summed E-state index contributed by atoms with van der Waals surface area (Å²) in [6, 6.07) is 5.59. The Balaban J connectivity index is 1.45. The number of carbonyl (C=O) groups excluding carboxylic acids is 1. The van der Waals surface area contributed by atoms with Crippen molar-refractivity contribution < 1.29 is 9.53 Å². The Morgan fingerprint density at radius 1 is 1.44 bits per heavy atom. The number of anilines is 1. The normalized spacial score (nSPS) is 22.4. The number of carbonyl (C=O) groups is 1. The predicted octanol–water partition coefficient (Wildman–Crippen LogP) is 0.934. The fourth-order valence-corrected chi connectivity index (χ4v) is 3.40. The van der Waals surface area contributed by atoms with Crippen molar-refractivity contribution in [2.24, 2.45) is 5.92 Å². The number of pyridine rings is 1. The molecule has 2 aliphatic heterocycles. The largest absolute Gasteiger partial charge is 0.378 e. The molecule has 1 aromatic heterocycles. The summed E-state index contributed by atoms with van der Waals surface area (Å²) in [5.41, 5.74) is 0.563. The second-order valence-corrected chi connectivity index (χ2v) is 6.69. The third-order valence-electron chi connectivity index (χ3n) is 5.01. The summed E-state index contributed by atoms with van der Waals surface area (Å²) in [6.45, 7) is 7.39. The van der Waals surface area contributed by atoms with Crippen molar-refractivity contribution in [3.05, 3.63) is 23.9 Å². The molecule has 0 unspecified atom stereocenters. The minimum absolute atomic E-state index is 0.0730. The van der Waals surface area contributed by atoms with Gasteiger partial charge in [-0.25, -0.2) is 4.98 Å². The van der Waals surface area contributed by atoms with Crippen LogP contribution in [0.2, 0.25) is 0 Å². The number of morpholine rings is 1. The van der Waals surface area contributed by atoms with Crippen LogP contribution < -0.4 is 5.32 Å². The van der Waals surface area contributed by atoms with Crippen LogP contribution in [0.4, 0.5) is 5.82 Å². The molecule has 0 spiro atoms. The molecule has 25 heavy (non-hydrogen) atoms. The predicted molar refractivity (Wildman–Crippen MR) is 94.0 cm³/mol. The van der Waals surface area contributed by atoms with Crippen LogP contribution in [-0.2, 0) is 9.53 Å². The van der Waals surface area contributed by atoms with Gasteiger partial charge in [0, 0.05) is 32.4 Å². The lowest BCUT2D eigenvalue weighted by molar-refractivity contribution is -0.140. The van der Waals surface area contributed by atoms with Crippen molar-refractivity contribution in [3.63, 3.8) is 0 Å². The SMILES string of the molecule is C[C@@H](C(=O)N1CCOCC1)N1CC[C@H](CNc2ccc(C#N)cn2)C1. The molecule has 2 fully saturated rings. The average molecular weight is 343 g/mol. The van der Waals surface area contributed by atoms with Gasteiger partial charge >= 0.3 is 0 Å². The molecule has 2 saturated heterocycles. The van der Waals surface area contributed by atoms with Gasteiger partial charge in [0.1, 0.15) is 11.9 Å². The first-order valence-corrected chi connectivity index (χ1v) is 8.88.